The highest BCUT2D eigenvalue weighted by Crippen LogP contribution is 2.50. The lowest BCUT2D eigenvalue weighted by Crippen LogP contribution is -2.47. The Morgan fingerprint density at radius 2 is 2.12 bits per heavy atom. The molecule has 5 rings (SSSR count). The van der Waals surface area contributed by atoms with Crippen molar-refractivity contribution in [3.8, 4) is 0 Å². The summed E-state index contributed by atoms with van der Waals surface area (Å²) in [4.78, 5) is 22.8. The van der Waals surface area contributed by atoms with Crippen molar-refractivity contribution < 1.29 is 4.79 Å². The molecular weight excluding hydrogens is 314 g/mol. The van der Waals surface area contributed by atoms with Crippen LogP contribution in [-0.2, 0) is 18.4 Å². The van der Waals surface area contributed by atoms with Crippen LogP contribution < -0.4 is 0 Å². The van der Waals surface area contributed by atoms with E-state index >= 15 is 0 Å². The number of carbonyl (C=O) groups is 1. The first-order chi connectivity index (χ1) is 12.0. The van der Waals surface area contributed by atoms with Gasteiger partial charge in [-0.15, -0.1) is 0 Å². The van der Waals surface area contributed by atoms with E-state index in [4.69, 9.17) is 4.99 Å². The molecule has 0 aromatic carbocycles. The zero-order valence-corrected chi connectivity index (χ0v) is 15.2. The van der Waals surface area contributed by atoms with Crippen LogP contribution in [-0.4, -0.2) is 56.5 Å². The second-order valence-electron chi connectivity index (χ2n) is 8.56. The molecule has 3 heterocycles. The normalized spacial score (nSPS) is 35.0. The summed E-state index contributed by atoms with van der Waals surface area (Å²) in [5.74, 6) is 2.97. The van der Waals surface area contributed by atoms with Crippen molar-refractivity contribution in [3.05, 3.63) is 18.0 Å². The Morgan fingerprint density at radius 3 is 2.84 bits per heavy atom. The van der Waals surface area contributed by atoms with E-state index in [0.29, 0.717) is 23.7 Å². The molecule has 134 valence electrons. The fourth-order valence-electron chi connectivity index (χ4n) is 5.28. The molecular formula is C19H27N5O. The van der Waals surface area contributed by atoms with Gasteiger partial charge in [-0.2, -0.15) is 5.10 Å². The number of amidine groups is 1. The van der Waals surface area contributed by atoms with Gasteiger partial charge in [0.15, 0.2) is 0 Å². The molecule has 1 spiro atoms. The fourth-order valence-corrected chi connectivity index (χ4v) is 5.28. The van der Waals surface area contributed by atoms with Crippen LogP contribution in [0.25, 0.3) is 0 Å². The van der Waals surface area contributed by atoms with Crippen molar-refractivity contribution in [1.82, 2.24) is 19.6 Å². The zero-order chi connectivity index (χ0) is 17.2. The standard InChI is InChI=1S/C19H27N5O/c1-13-21-19(18(25)24(13)10-14-3-4-14)6-5-16-11-23(12-17(16)19)9-15-7-20-22(2)8-15/h7-8,14,16-17H,3-6,9-12H2,1-2H3/t16-,17+,19-/m0/s1. The van der Waals surface area contributed by atoms with E-state index in [0.717, 1.165) is 44.9 Å². The number of fused-ring (bicyclic) bond motifs is 2. The molecule has 2 saturated carbocycles. The fraction of sp³-hybridized carbons (Fsp3) is 0.737. The number of likely N-dealkylation sites (tertiary alicyclic amines) is 1. The van der Waals surface area contributed by atoms with Crippen molar-refractivity contribution >= 4 is 11.7 Å². The van der Waals surface area contributed by atoms with Gasteiger partial charge in [0.2, 0.25) is 0 Å². The molecule has 1 amide bonds. The minimum atomic E-state index is -0.451. The topological polar surface area (TPSA) is 53.7 Å². The van der Waals surface area contributed by atoms with Crippen LogP contribution in [0.3, 0.4) is 0 Å². The van der Waals surface area contributed by atoms with Gasteiger partial charge in [-0.1, -0.05) is 0 Å². The van der Waals surface area contributed by atoms with Gasteiger partial charge in [0, 0.05) is 50.9 Å². The van der Waals surface area contributed by atoms with Gasteiger partial charge < -0.3 is 0 Å². The van der Waals surface area contributed by atoms with Crippen molar-refractivity contribution in [2.45, 2.75) is 44.7 Å². The van der Waals surface area contributed by atoms with Gasteiger partial charge in [-0.25, -0.2) is 0 Å². The largest absolute Gasteiger partial charge is 0.298 e. The predicted octanol–water partition coefficient (Wildman–Crippen LogP) is 1.67. The molecule has 0 unspecified atom stereocenters. The molecule has 3 atom stereocenters. The molecule has 4 aliphatic rings. The molecule has 1 aromatic heterocycles. The molecule has 0 bridgehead atoms. The van der Waals surface area contributed by atoms with Crippen LogP contribution in [0.1, 0.15) is 38.2 Å². The number of carbonyl (C=O) groups excluding carboxylic acids is 1. The monoisotopic (exact) mass is 341 g/mol. The number of aliphatic imine (C=N–C) groups is 1. The van der Waals surface area contributed by atoms with Gasteiger partial charge in [-0.3, -0.25) is 24.3 Å². The first kappa shape index (κ1) is 15.6. The maximum absolute atomic E-state index is 13.3. The van der Waals surface area contributed by atoms with Crippen LogP contribution in [0, 0.1) is 17.8 Å². The van der Waals surface area contributed by atoms with Crippen LogP contribution in [0.4, 0.5) is 0 Å². The molecule has 6 heteroatoms. The van der Waals surface area contributed by atoms with Gasteiger partial charge in [-0.05, 0) is 44.4 Å². The van der Waals surface area contributed by atoms with E-state index < -0.39 is 5.54 Å². The lowest BCUT2D eigenvalue weighted by molar-refractivity contribution is -0.132. The molecule has 3 fully saturated rings. The summed E-state index contributed by atoms with van der Waals surface area (Å²) in [7, 11) is 1.96. The summed E-state index contributed by atoms with van der Waals surface area (Å²) in [6.07, 6.45) is 8.66. The lowest BCUT2D eigenvalue weighted by Gasteiger charge is -2.28. The Kier molecular flexibility index (Phi) is 3.36. The number of rotatable bonds is 4. The highest BCUT2D eigenvalue weighted by Gasteiger charge is 2.60. The Bertz CT molecular complexity index is 736. The third-order valence-electron chi connectivity index (χ3n) is 6.70. The van der Waals surface area contributed by atoms with Gasteiger partial charge in [0.25, 0.3) is 5.91 Å². The number of nitrogens with zero attached hydrogens (tertiary/aromatic N) is 5. The van der Waals surface area contributed by atoms with E-state index in [1.54, 1.807) is 0 Å². The maximum atomic E-state index is 13.3. The molecule has 2 aliphatic carbocycles. The van der Waals surface area contributed by atoms with E-state index in [2.05, 4.69) is 16.2 Å². The smallest absolute Gasteiger partial charge is 0.256 e. The summed E-state index contributed by atoms with van der Waals surface area (Å²) < 4.78 is 1.86. The maximum Gasteiger partial charge on any atom is 0.256 e. The average Bonchev–Trinajstić information content (AvgIpc) is 2.89. The zero-order valence-electron chi connectivity index (χ0n) is 15.2. The van der Waals surface area contributed by atoms with Crippen molar-refractivity contribution in [2.75, 3.05) is 19.6 Å². The number of aryl methyl sites for hydroxylation is 1. The van der Waals surface area contributed by atoms with Crippen LogP contribution in [0.2, 0.25) is 0 Å². The molecule has 1 aromatic rings. The molecule has 6 nitrogen and oxygen atoms in total. The summed E-state index contributed by atoms with van der Waals surface area (Å²) in [5.41, 5.74) is 0.803. The predicted molar refractivity (Wildman–Crippen MR) is 95.0 cm³/mol. The quantitative estimate of drug-likeness (QED) is 0.837. The first-order valence-electron chi connectivity index (χ1n) is 9.63. The summed E-state index contributed by atoms with van der Waals surface area (Å²) in [5, 5.41) is 4.27. The van der Waals surface area contributed by atoms with Crippen molar-refractivity contribution in [2.24, 2.45) is 29.8 Å². The van der Waals surface area contributed by atoms with Gasteiger partial charge in [0.05, 0.1) is 6.20 Å². The van der Waals surface area contributed by atoms with Crippen LogP contribution in [0.5, 0.6) is 0 Å². The van der Waals surface area contributed by atoms with Crippen molar-refractivity contribution in [1.29, 1.82) is 0 Å². The molecule has 25 heavy (non-hydrogen) atoms. The number of amides is 1. The first-order valence-corrected chi connectivity index (χ1v) is 9.63. The minimum Gasteiger partial charge on any atom is -0.298 e. The van der Waals surface area contributed by atoms with E-state index in [-0.39, 0.29) is 0 Å². The molecule has 0 N–H and O–H groups in total. The Morgan fingerprint density at radius 1 is 1.28 bits per heavy atom. The van der Waals surface area contributed by atoms with Crippen molar-refractivity contribution in [3.63, 3.8) is 0 Å². The number of aromatic nitrogens is 2. The minimum absolute atomic E-state index is 0.299. The average molecular weight is 341 g/mol. The van der Waals surface area contributed by atoms with Crippen LogP contribution in [0.15, 0.2) is 17.4 Å². The van der Waals surface area contributed by atoms with Gasteiger partial charge >= 0.3 is 0 Å². The van der Waals surface area contributed by atoms with E-state index in [1.165, 1.54) is 18.4 Å². The highest BCUT2D eigenvalue weighted by atomic mass is 16.2. The lowest BCUT2D eigenvalue weighted by atomic mass is 9.85. The summed E-state index contributed by atoms with van der Waals surface area (Å²) >= 11 is 0. The summed E-state index contributed by atoms with van der Waals surface area (Å²) in [6.45, 7) is 5.93. The third kappa shape index (κ3) is 2.45. The SMILES string of the molecule is CC1=N[C@]2(CC[C@H]3CN(Cc4cnn(C)c4)C[C@H]32)C(=O)N1CC1CC1. The summed E-state index contributed by atoms with van der Waals surface area (Å²) in [6, 6.07) is 0. The number of hydrogen-bond acceptors (Lipinski definition) is 4. The van der Waals surface area contributed by atoms with Crippen LogP contribution >= 0.6 is 0 Å². The third-order valence-corrected chi connectivity index (χ3v) is 6.70. The highest BCUT2D eigenvalue weighted by molar-refractivity contribution is 6.07. The Balaban J connectivity index is 1.33. The second-order valence-corrected chi connectivity index (χ2v) is 8.56. The molecule has 1 saturated heterocycles. The number of hydrogen-bond donors (Lipinski definition) is 0. The second kappa shape index (κ2) is 5.40. The molecule has 0 radical (unpaired) electrons. The van der Waals surface area contributed by atoms with E-state index in [9.17, 15) is 4.79 Å². The molecule has 2 aliphatic heterocycles. The van der Waals surface area contributed by atoms with E-state index in [1.807, 2.05) is 29.7 Å². The Labute approximate surface area is 148 Å². The Hall–Kier alpha value is -1.69. The van der Waals surface area contributed by atoms with Gasteiger partial charge in [0.1, 0.15) is 11.4 Å².